The van der Waals surface area contributed by atoms with Crippen molar-refractivity contribution in [1.29, 1.82) is 0 Å². The maximum absolute atomic E-state index is 11.8. The van der Waals surface area contributed by atoms with E-state index in [1.807, 2.05) is 13.8 Å². The van der Waals surface area contributed by atoms with E-state index < -0.39 is 0 Å². The molecular weight excluding hydrogens is 222 g/mol. The van der Waals surface area contributed by atoms with Gasteiger partial charge in [-0.3, -0.25) is 9.59 Å². The Hall–Kier alpha value is -1.14. The van der Waals surface area contributed by atoms with Gasteiger partial charge >= 0.3 is 0 Å². The Morgan fingerprint density at radius 2 is 2.06 bits per heavy atom. The molecule has 3 N–H and O–H groups in total. The Labute approximate surface area is 102 Å². The number of methoxy groups -OCH3 is 1. The lowest BCUT2D eigenvalue weighted by Crippen LogP contribution is -2.44. The first-order chi connectivity index (χ1) is 8.01. The summed E-state index contributed by atoms with van der Waals surface area (Å²) in [5.74, 6) is -0.0619. The average Bonchev–Trinajstić information content (AvgIpc) is 2.30. The van der Waals surface area contributed by atoms with Crippen molar-refractivity contribution in [3.63, 3.8) is 0 Å². The monoisotopic (exact) mass is 245 g/mol. The van der Waals surface area contributed by atoms with Crippen LogP contribution in [0.25, 0.3) is 0 Å². The fourth-order valence-corrected chi connectivity index (χ4v) is 1.32. The molecule has 0 aromatic heterocycles. The van der Waals surface area contributed by atoms with Gasteiger partial charge in [-0.05, 0) is 5.92 Å². The molecule has 0 saturated carbocycles. The van der Waals surface area contributed by atoms with Gasteiger partial charge in [0.1, 0.15) is 0 Å². The van der Waals surface area contributed by atoms with Crippen molar-refractivity contribution in [1.82, 2.24) is 10.2 Å². The van der Waals surface area contributed by atoms with Crippen LogP contribution in [0.3, 0.4) is 0 Å². The summed E-state index contributed by atoms with van der Waals surface area (Å²) in [6, 6.07) is 0. The fraction of sp³-hybridized carbons (Fsp3) is 0.818. The molecular formula is C11H23N3O3. The maximum atomic E-state index is 11.8. The molecule has 0 aromatic rings. The topological polar surface area (TPSA) is 84.7 Å². The molecule has 0 atom stereocenters. The van der Waals surface area contributed by atoms with Crippen LogP contribution in [0.2, 0.25) is 0 Å². The third-order valence-electron chi connectivity index (χ3n) is 2.13. The zero-order chi connectivity index (χ0) is 13.3. The highest BCUT2D eigenvalue weighted by atomic mass is 16.5. The molecule has 0 bridgehead atoms. The van der Waals surface area contributed by atoms with Crippen molar-refractivity contribution in [2.24, 2.45) is 11.7 Å². The Morgan fingerprint density at radius 1 is 1.41 bits per heavy atom. The zero-order valence-corrected chi connectivity index (χ0v) is 10.9. The molecule has 0 aromatic carbocycles. The summed E-state index contributed by atoms with van der Waals surface area (Å²) in [5.41, 5.74) is 5.14. The number of hydrogen-bond acceptors (Lipinski definition) is 4. The van der Waals surface area contributed by atoms with Gasteiger partial charge in [0.05, 0.1) is 19.7 Å². The predicted octanol–water partition coefficient (Wildman–Crippen LogP) is -0.808. The summed E-state index contributed by atoms with van der Waals surface area (Å²) in [5, 5.41) is 2.47. The number of nitrogens with one attached hydrogen (secondary N) is 1. The van der Waals surface area contributed by atoms with Crippen molar-refractivity contribution in [2.45, 2.75) is 13.8 Å². The molecule has 0 rings (SSSR count). The smallest absolute Gasteiger partial charge is 0.242 e. The van der Waals surface area contributed by atoms with Gasteiger partial charge < -0.3 is 20.7 Å². The molecule has 0 heterocycles. The molecule has 6 nitrogen and oxygen atoms in total. The summed E-state index contributed by atoms with van der Waals surface area (Å²) in [6.45, 7) is 5.63. The van der Waals surface area contributed by atoms with E-state index in [1.54, 1.807) is 12.0 Å². The Bertz CT molecular complexity index is 244. The first-order valence-corrected chi connectivity index (χ1v) is 5.74. The number of nitrogens with two attached hydrogens (primary N) is 1. The van der Waals surface area contributed by atoms with E-state index in [0.717, 1.165) is 0 Å². The van der Waals surface area contributed by atoms with Crippen molar-refractivity contribution in [3.05, 3.63) is 0 Å². The molecule has 0 saturated heterocycles. The molecule has 0 spiro atoms. The fourth-order valence-electron chi connectivity index (χ4n) is 1.32. The van der Waals surface area contributed by atoms with E-state index in [-0.39, 0.29) is 24.9 Å². The molecule has 0 aliphatic carbocycles. The summed E-state index contributed by atoms with van der Waals surface area (Å²) >= 11 is 0. The quantitative estimate of drug-likeness (QED) is 0.586. The lowest BCUT2D eigenvalue weighted by molar-refractivity contribution is -0.133. The van der Waals surface area contributed by atoms with Gasteiger partial charge in [0.15, 0.2) is 0 Å². The van der Waals surface area contributed by atoms with Crippen LogP contribution in [-0.4, -0.2) is 56.6 Å². The third-order valence-corrected chi connectivity index (χ3v) is 2.13. The summed E-state index contributed by atoms with van der Waals surface area (Å²) in [6.07, 6.45) is 0. The van der Waals surface area contributed by atoms with Crippen LogP contribution < -0.4 is 11.1 Å². The minimum Gasteiger partial charge on any atom is -0.383 e. The second-order valence-corrected chi connectivity index (χ2v) is 4.21. The van der Waals surface area contributed by atoms with Crippen molar-refractivity contribution in [3.8, 4) is 0 Å². The Kier molecular flexibility index (Phi) is 8.35. The highest BCUT2D eigenvalue weighted by Gasteiger charge is 2.14. The number of hydrogen-bond donors (Lipinski definition) is 2. The van der Waals surface area contributed by atoms with Crippen LogP contribution in [0.15, 0.2) is 0 Å². The largest absolute Gasteiger partial charge is 0.383 e. The van der Waals surface area contributed by atoms with Crippen LogP contribution in [-0.2, 0) is 14.3 Å². The van der Waals surface area contributed by atoms with E-state index in [1.165, 1.54) is 0 Å². The van der Waals surface area contributed by atoms with E-state index in [4.69, 9.17) is 10.5 Å². The van der Waals surface area contributed by atoms with Crippen molar-refractivity contribution >= 4 is 11.8 Å². The van der Waals surface area contributed by atoms with E-state index in [2.05, 4.69) is 5.32 Å². The van der Waals surface area contributed by atoms with Gasteiger partial charge in [-0.25, -0.2) is 0 Å². The first-order valence-electron chi connectivity index (χ1n) is 5.74. The van der Waals surface area contributed by atoms with Gasteiger partial charge in [-0.2, -0.15) is 0 Å². The number of carbonyl (C=O) groups is 2. The van der Waals surface area contributed by atoms with Gasteiger partial charge in [0, 0.05) is 20.2 Å². The molecule has 2 amide bonds. The maximum Gasteiger partial charge on any atom is 0.242 e. The molecule has 17 heavy (non-hydrogen) atoms. The second kappa shape index (κ2) is 8.95. The van der Waals surface area contributed by atoms with Gasteiger partial charge in [0.25, 0.3) is 0 Å². The molecule has 0 unspecified atom stereocenters. The number of ether oxygens (including phenoxy) is 1. The molecule has 0 aliphatic rings. The van der Waals surface area contributed by atoms with E-state index >= 15 is 0 Å². The molecule has 0 aliphatic heterocycles. The normalized spacial score (nSPS) is 10.4. The molecule has 6 heteroatoms. The SMILES string of the molecule is COCCN(CC(C)C)C(=O)CNC(=O)CN. The average molecular weight is 245 g/mol. The lowest BCUT2D eigenvalue weighted by atomic mass is 10.2. The van der Waals surface area contributed by atoms with Crippen molar-refractivity contribution in [2.75, 3.05) is 39.9 Å². The van der Waals surface area contributed by atoms with Crippen LogP contribution in [0.5, 0.6) is 0 Å². The highest BCUT2D eigenvalue weighted by molar-refractivity contribution is 5.85. The summed E-state index contributed by atoms with van der Waals surface area (Å²) < 4.78 is 4.95. The van der Waals surface area contributed by atoms with Crippen molar-refractivity contribution < 1.29 is 14.3 Å². The molecule has 0 radical (unpaired) electrons. The van der Waals surface area contributed by atoms with Crippen LogP contribution >= 0.6 is 0 Å². The second-order valence-electron chi connectivity index (χ2n) is 4.21. The van der Waals surface area contributed by atoms with Crippen LogP contribution in [0.4, 0.5) is 0 Å². The number of carbonyl (C=O) groups excluding carboxylic acids is 2. The molecule has 100 valence electrons. The summed E-state index contributed by atoms with van der Waals surface area (Å²) in [7, 11) is 1.59. The first kappa shape index (κ1) is 15.9. The highest BCUT2D eigenvalue weighted by Crippen LogP contribution is 1.99. The standard InChI is InChI=1S/C11H23N3O3/c1-9(2)8-14(4-5-17-3)11(16)7-13-10(15)6-12/h9H,4-8,12H2,1-3H3,(H,13,15). The summed E-state index contributed by atoms with van der Waals surface area (Å²) in [4.78, 5) is 24.4. The number of nitrogens with zero attached hydrogens (tertiary/aromatic N) is 1. The Morgan fingerprint density at radius 3 is 2.53 bits per heavy atom. The Balaban J connectivity index is 4.16. The van der Waals surface area contributed by atoms with Crippen LogP contribution in [0.1, 0.15) is 13.8 Å². The molecule has 0 fully saturated rings. The third kappa shape index (κ3) is 7.70. The number of rotatable bonds is 8. The lowest BCUT2D eigenvalue weighted by Gasteiger charge is -2.24. The van der Waals surface area contributed by atoms with E-state index in [9.17, 15) is 9.59 Å². The number of amides is 2. The minimum atomic E-state index is -0.324. The zero-order valence-electron chi connectivity index (χ0n) is 10.9. The predicted molar refractivity (Wildman–Crippen MR) is 65.4 cm³/mol. The van der Waals surface area contributed by atoms with Gasteiger partial charge in [0.2, 0.25) is 11.8 Å². The van der Waals surface area contributed by atoms with Crippen LogP contribution in [0, 0.1) is 5.92 Å². The van der Waals surface area contributed by atoms with Gasteiger partial charge in [-0.15, -0.1) is 0 Å². The van der Waals surface area contributed by atoms with Gasteiger partial charge in [-0.1, -0.05) is 13.8 Å². The van der Waals surface area contributed by atoms with E-state index in [0.29, 0.717) is 25.6 Å². The minimum absolute atomic E-state index is 0.00747.